The third kappa shape index (κ3) is 4.43. The van der Waals surface area contributed by atoms with Gasteiger partial charge < -0.3 is 10.1 Å². The van der Waals surface area contributed by atoms with Gasteiger partial charge in [0.15, 0.2) is 0 Å². The maximum atomic E-state index is 13.2. The number of alkyl halides is 3. The van der Waals surface area contributed by atoms with Gasteiger partial charge in [0.05, 0.1) is 23.1 Å². The second kappa shape index (κ2) is 7.90. The van der Waals surface area contributed by atoms with Gasteiger partial charge in [-0.25, -0.2) is 13.2 Å². The van der Waals surface area contributed by atoms with Crippen LogP contribution in [0.4, 0.5) is 13.2 Å². The van der Waals surface area contributed by atoms with Crippen molar-refractivity contribution in [2.24, 2.45) is 0 Å². The third-order valence-corrected chi connectivity index (χ3v) is 5.76. The highest BCUT2D eigenvalue weighted by molar-refractivity contribution is 7.89. The number of sulfonamides is 1. The molecule has 1 aliphatic heterocycles. The molecule has 0 aliphatic carbocycles. The van der Waals surface area contributed by atoms with Crippen molar-refractivity contribution in [2.45, 2.75) is 24.0 Å². The summed E-state index contributed by atoms with van der Waals surface area (Å²) in [7, 11) is -3.15. The number of methoxy groups -OCH3 is 1. The molecule has 1 N–H and O–H groups in total. The number of benzene rings is 1. The molecule has 0 spiro atoms. The number of hydrogen-bond donors (Lipinski definition) is 1. The molecule has 1 heterocycles. The van der Waals surface area contributed by atoms with Crippen molar-refractivity contribution in [1.82, 2.24) is 9.62 Å². The summed E-state index contributed by atoms with van der Waals surface area (Å²) in [5, 5.41) is 3.01. The van der Waals surface area contributed by atoms with E-state index in [2.05, 4.69) is 10.1 Å². The molecule has 1 fully saturated rings. The van der Waals surface area contributed by atoms with E-state index < -0.39 is 44.2 Å². The van der Waals surface area contributed by atoms with Gasteiger partial charge in [-0.05, 0) is 25.1 Å². The summed E-state index contributed by atoms with van der Waals surface area (Å²) in [4.78, 5) is 11.0. The molecule has 25 heavy (non-hydrogen) atoms. The van der Waals surface area contributed by atoms with Crippen LogP contribution in [-0.2, 0) is 20.9 Å². The van der Waals surface area contributed by atoms with E-state index in [0.29, 0.717) is 19.2 Å². The standard InChI is InChI=1S/C14H17F3N2O4S.ClH/c1-9-8-18-5-6-19(9)24(21,22)10-3-4-11(13(20)23-2)12(7-10)14(15,16)17;/h3-4,7,9,18H,5-6,8H2,1-2H3;1H/t9-;/m1./s1. The second-order valence-corrected chi connectivity index (χ2v) is 7.26. The monoisotopic (exact) mass is 402 g/mol. The van der Waals surface area contributed by atoms with Crippen molar-refractivity contribution >= 4 is 28.4 Å². The minimum Gasteiger partial charge on any atom is -0.465 e. The number of carbonyl (C=O) groups excluding carboxylic acids is 1. The average molecular weight is 403 g/mol. The highest BCUT2D eigenvalue weighted by Crippen LogP contribution is 2.34. The predicted octanol–water partition coefficient (Wildman–Crippen LogP) is 1.90. The summed E-state index contributed by atoms with van der Waals surface area (Å²) in [5.41, 5.74) is -2.06. The molecule has 1 aromatic rings. The van der Waals surface area contributed by atoms with E-state index >= 15 is 0 Å². The minimum atomic E-state index is -4.88. The number of nitrogens with zero attached hydrogens (tertiary/aromatic N) is 1. The molecule has 0 radical (unpaired) electrons. The van der Waals surface area contributed by atoms with Crippen LogP contribution < -0.4 is 5.32 Å². The first-order valence-corrected chi connectivity index (χ1v) is 8.55. The maximum absolute atomic E-state index is 13.2. The fourth-order valence-electron chi connectivity index (χ4n) is 2.52. The lowest BCUT2D eigenvalue weighted by Crippen LogP contribution is -2.52. The highest BCUT2D eigenvalue weighted by Gasteiger charge is 2.38. The van der Waals surface area contributed by atoms with Crippen LogP contribution in [0.2, 0.25) is 0 Å². The van der Waals surface area contributed by atoms with Gasteiger partial charge in [-0.15, -0.1) is 12.4 Å². The van der Waals surface area contributed by atoms with Crippen LogP contribution in [0, 0.1) is 0 Å². The lowest BCUT2D eigenvalue weighted by molar-refractivity contribution is -0.138. The Hall–Kier alpha value is -1.36. The number of halogens is 4. The Balaban J connectivity index is 0.00000312. The molecule has 1 aromatic carbocycles. The smallest absolute Gasteiger partial charge is 0.417 e. The van der Waals surface area contributed by atoms with Gasteiger partial charge >= 0.3 is 12.1 Å². The molecular weight excluding hydrogens is 385 g/mol. The molecular formula is C14H18ClF3N2O4S. The second-order valence-electron chi connectivity index (χ2n) is 5.37. The van der Waals surface area contributed by atoms with E-state index in [0.717, 1.165) is 23.5 Å². The summed E-state index contributed by atoms with van der Waals surface area (Å²) in [6.45, 7) is 2.64. The Morgan fingerprint density at radius 3 is 2.52 bits per heavy atom. The Kier molecular flexibility index (Phi) is 6.85. The largest absolute Gasteiger partial charge is 0.465 e. The summed E-state index contributed by atoms with van der Waals surface area (Å²) in [6, 6.07) is 1.91. The van der Waals surface area contributed by atoms with Crippen molar-refractivity contribution in [3.8, 4) is 0 Å². The number of nitrogens with one attached hydrogen (secondary N) is 1. The summed E-state index contributed by atoms with van der Waals surface area (Å²) < 4.78 is 70.4. The average Bonchev–Trinajstić information content (AvgIpc) is 2.53. The predicted molar refractivity (Wildman–Crippen MR) is 86.3 cm³/mol. The lowest BCUT2D eigenvalue weighted by atomic mass is 10.1. The van der Waals surface area contributed by atoms with Crippen molar-refractivity contribution in [1.29, 1.82) is 0 Å². The molecule has 11 heteroatoms. The Labute approximate surface area is 149 Å². The van der Waals surface area contributed by atoms with Crippen LogP contribution in [0.15, 0.2) is 23.1 Å². The van der Waals surface area contributed by atoms with Crippen LogP contribution in [0.3, 0.4) is 0 Å². The van der Waals surface area contributed by atoms with Gasteiger partial charge in [-0.1, -0.05) is 0 Å². The first kappa shape index (κ1) is 21.7. The molecule has 1 atom stereocenters. The molecule has 6 nitrogen and oxygen atoms in total. The van der Waals surface area contributed by atoms with Gasteiger partial charge in [0, 0.05) is 25.7 Å². The van der Waals surface area contributed by atoms with E-state index in [1.54, 1.807) is 6.92 Å². The zero-order valence-electron chi connectivity index (χ0n) is 13.5. The van der Waals surface area contributed by atoms with Gasteiger partial charge in [0.25, 0.3) is 0 Å². The van der Waals surface area contributed by atoms with E-state index in [-0.39, 0.29) is 19.0 Å². The SMILES string of the molecule is COC(=O)c1ccc(S(=O)(=O)N2CCNC[C@H]2C)cc1C(F)(F)F.Cl. The zero-order valence-corrected chi connectivity index (χ0v) is 15.1. The van der Waals surface area contributed by atoms with Crippen LogP contribution in [0.1, 0.15) is 22.8 Å². The number of piperazine rings is 1. The van der Waals surface area contributed by atoms with Crippen LogP contribution in [-0.4, -0.2) is 51.5 Å². The molecule has 1 saturated heterocycles. The molecule has 0 bridgehead atoms. The maximum Gasteiger partial charge on any atom is 0.417 e. The van der Waals surface area contributed by atoms with Crippen LogP contribution >= 0.6 is 12.4 Å². The van der Waals surface area contributed by atoms with Gasteiger partial charge in [0.1, 0.15) is 0 Å². The first-order valence-electron chi connectivity index (χ1n) is 7.11. The van der Waals surface area contributed by atoms with Crippen molar-refractivity contribution in [3.05, 3.63) is 29.3 Å². The van der Waals surface area contributed by atoms with E-state index in [1.165, 1.54) is 0 Å². The normalized spacial score (nSPS) is 19.2. The quantitative estimate of drug-likeness (QED) is 0.781. The number of rotatable bonds is 3. The number of hydrogen-bond acceptors (Lipinski definition) is 5. The number of carbonyl (C=O) groups is 1. The molecule has 0 unspecified atom stereocenters. The Morgan fingerprint density at radius 1 is 1.36 bits per heavy atom. The van der Waals surface area contributed by atoms with Gasteiger partial charge in [0.2, 0.25) is 10.0 Å². The first-order chi connectivity index (χ1) is 11.1. The fourth-order valence-corrected chi connectivity index (χ4v) is 4.18. The van der Waals surface area contributed by atoms with Crippen LogP contribution in [0.5, 0.6) is 0 Å². The zero-order chi connectivity index (χ0) is 18.1. The fraction of sp³-hybridized carbons (Fsp3) is 0.500. The molecule has 0 amide bonds. The van der Waals surface area contributed by atoms with Crippen molar-refractivity contribution in [3.63, 3.8) is 0 Å². The Bertz CT molecular complexity index is 740. The van der Waals surface area contributed by atoms with E-state index in [9.17, 15) is 26.4 Å². The van der Waals surface area contributed by atoms with Crippen molar-refractivity contribution < 1.29 is 31.1 Å². The van der Waals surface area contributed by atoms with Crippen LogP contribution in [0.25, 0.3) is 0 Å². The third-order valence-electron chi connectivity index (χ3n) is 3.75. The highest BCUT2D eigenvalue weighted by atomic mass is 35.5. The number of ether oxygens (including phenoxy) is 1. The molecule has 1 aliphatic rings. The minimum absolute atomic E-state index is 0. The topological polar surface area (TPSA) is 75.7 Å². The van der Waals surface area contributed by atoms with Gasteiger partial charge in [-0.3, -0.25) is 0 Å². The lowest BCUT2D eigenvalue weighted by Gasteiger charge is -2.33. The summed E-state index contributed by atoms with van der Waals surface area (Å²) in [5.74, 6) is -1.18. The van der Waals surface area contributed by atoms with Crippen molar-refractivity contribution in [2.75, 3.05) is 26.7 Å². The summed E-state index contributed by atoms with van der Waals surface area (Å²) in [6.07, 6.45) is -4.88. The van der Waals surface area contributed by atoms with E-state index in [4.69, 9.17) is 0 Å². The molecule has 2 rings (SSSR count). The molecule has 142 valence electrons. The van der Waals surface area contributed by atoms with E-state index in [1.807, 2.05) is 0 Å². The number of esters is 1. The summed E-state index contributed by atoms with van der Waals surface area (Å²) >= 11 is 0. The van der Waals surface area contributed by atoms with Gasteiger partial charge in [-0.2, -0.15) is 17.5 Å². The molecule has 0 saturated carbocycles. The molecule has 0 aromatic heterocycles. The Morgan fingerprint density at radius 2 is 2.00 bits per heavy atom.